The topological polar surface area (TPSA) is 50.1 Å². The maximum atomic E-state index is 12.9. The van der Waals surface area contributed by atoms with Crippen molar-refractivity contribution in [3.8, 4) is 0 Å². The van der Waals surface area contributed by atoms with Crippen LogP contribution in [-0.4, -0.2) is 21.5 Å². The Bertz CT molecular complexity index is 490. The van der Waals surface area contributed by atoms with E-state index in [1.54, 1.807) is 23.1 Å². The molecule has 1 heterocycles. The second-order valence-corrected chi connectivity index (χ2v) is 3.70. The quantitative estimate of drug-likeness (QED) is 0.875. The SMILES string of the molecule is Cl.OCCn1cc(NCc2cccc(F)c2)cn1. The van der Waals surface area contributed by atoms with Crippen LogP contribution in [-0.2, 0) is 13.1 Å². The Hall–Kier alpha value is -1.59. The smallest absolute Gasteiger partial charge is 0.123 e. The molecule has 18 heavy (non-hydrogen) atoms. The second-order valence-electron chi connectivity index (χ2n) is 3.70. The summed E-state index contributed by atoms with van der Waals surface area (Å²) in [6.45, 7) is 1.08. The van der Waals surface area contributed by atoms with E-state index in [2.05, 4.69) is 10.4 Å². The van der Waals surface area contributed by atoms with Gasteiger partial charge in [-0.1, -0.05) is 12.1 Å². The molecule has 0 amide bonds. The van der Waals surface area contributed by atoms with E-state index in [9.17, 15) is 4.39 Å². The zero-order chi connectivity index (χ0) is 12.1. The Kier molecular flexibility index (Phi) is 5.61. The lowest BCUT2D eigenvalue weighted by molar-refractivity contribution is 0.269. The number of aromatic nitrogens is 2. The van der Waals surface area contributed by atoms with Gasteiger partial charge in [-0.2, -0.15) is 5.10 Å². The van der Waals surface area contributed by atoms with E-state index in [1.165, 1.54) is 12.1 Å². The van der Waals surface area contributed by atoms with Crippen LogP contribution in [0.2, 0.25) is 0 Å². The van der Waals surface area contributed by atoms with E-state index in [0.717, 1.165) is 11.3 Å². The molecule has 0 atom stereocenters. The third kappa shape index (κ3) is 4.01. The molecule has 0 fully saturated rings. The molecule has 0 aliphatic heterocycles. The molecule has 0 spiro atoms. The highest BCUT2D eigenvalue weighted by molar-refractivity contribution is 5.85. The number of hydrogen-bond acceptors (Lipinski definition) is 3. The molecule has 0 aliphatic carbocycles. The van der Waals surface area contributed by atoms with Crippen LogP contribution in [0.4, 0.5) is 10.1 Å². The molecular weight excluding hydrogens is 257 g/mol. The van der Waals surface area contributed by atoms with E-state index in [-0.39, 0.29) is 24.8 Å². The Morgan fingerprint density at radius 1 is 1.39 bits per heavy atom. The minimum absolute atomic E-state index is 0. The second kappa shape index (κ2) is 6.98. The number of halogens is 2. The first-order chi connectivity index (χ1) is 8.28. The summed E-state index contributed by atoms with van der Waals surface area (Å²) in [5.41, 5.74) is 1.72. The highest BCUT2D eigenvalue weighted by Crippen LogP contribution is 2.09. The summed E-state index contributed by atoms with van der Waals surface area (Å²) >= 11 is 0. The lowest BCUT2D eigenvalue weighted by atomic mass is 10.2. The number of nitrogens with one attached hydrogen (secondary N) is 1. The first kappa shape index (κ1) is 14.5. The summed E-state index contributed by atoms with van der Waals surface area (Å²) < 4.78 is 14.6. The number of aliphatic hydroxyl groups excluding tert-OH is 1. The van der Waals surface area contributed by atoms with Gasteiger partial charge >= 0.3 is 0 Å². The molecule has 1 aromatic heterocycles. The molecule has 0 saturated heterocycles. The largest absolute Gasteiger partial charge is 0.394 e. The average Bonchev–Trinajstić information content (AvgIpc) is 2.75. The van der Waals surface area contributed by atoms with Gasteiger partial charge in [0.05, 0.1) is 25.0 Å². The zero-order valence-corrected chi connectivity index (χ0v) is 10.5. The van der Waals surface area contributed by atoms with Crippen LogP contribution in [0, 0.1) is 5.82 Å². The fourth-order valence-electron chi connectivity index (χ4n) is 1.53. The Labute approximate surface area is 111 Å². The van der Waals surface area contributed by atoms with Crippen molar-refractivity contribution in [2.24, 2.45) is 0 Å². The van der Waals surface area contributed by atoms with Gasteiger partial charge in [-0.05, 0) is 17.7 Å². The molecule has 0 aliphatic rings. The van der Waals surface area contributed by atoms with Crippen molar-refractivity contribution < 1.29 is 9.50 Å². The molecule has 98 valence electrons. The van der Waals surface area contributed by atoms with Crippen molar-refractivity contribution >= 4 is 18.1 Å². The van der Waals surface area contributed by atoms with Gasteiger partial charge in [-0.15, -0.1) is 12.4 Å². The number of nitrogens with zero attached hydrogens (tertiary/aromatic N) is 2. The minimum Gasteiger partial charge on any atom is -0.394 e. The normalized spacial score (nSPS) is 9.89. The van der Waals surface area contributed by atoms with Crippen LogP contribution in [0.25, 0.3) is 0 Å². The van der Waals surface area contributed by atoms with Crippen molar-refractivity contribution in [2.75, 3.05) is 11.9 Å². The first-order valence-electron chi connectivity index (χ1n) is 5.39. The van der Waals surface area contributed by atoms with Gasteiger partial charge in [0.2, 0.25) is 0 Å². The van der Waals surface area contributed by atoms with E-state index in [1.807, 2.05) is 6.07 Å². The van der Waals surface area contributed by atoms with Crippen molar-refractivity contribution in [3.05, 3.63) is 48.0 Å². The minimum atomic E-state index is -0.236. The Morgan fingerprint density at radius 2 is 2.22 bits per heavy atom. The van der Waals surface area contributed by atoms with E-state index in [0.29, 0.717) is 13.1 Å². The highest BCUT2D eigenvalue weighted by atomic mass is 35.5. The molecule has 0 bridgehead atoms. The van der Waals surface area contributed by atoms with Crippen molar-refractivity contribution in [2.45, 2.75) is 13.1 Å². The molecule has 2 N–H and O–H groups in total. The van der Waals surface area contributed by atoms with Gasteiger partial charge in [0.15, 0.2) is 0 Å². The maximum absolute atomic E-state index is 12.9. The van der Waals surface area contributed by atoms with E-state index in [4.69, 9.17) is 5.11 Å². The number of benzene rings is 1. The van der Waals surface area contributed by atoms with Crippen LogP contribution in [0.15, 0.2) is 36.7 Å². The summed E-state index contributed by atoms with van der Waals surface area (Å²) in [6.07, 6.45) is 3.48. The first-order valence-corrected chi connectivity index (χ1v) is 5.39. The van der Waals surface area contributed by atoms with E-state index >= 15 is 0 Å². The standard InChI is InChI=1S/C12H14FN3O.ClH/c13-11-3-1-2-10(6-11)7-14-12-8-15-16(9-12)4-5-17;/h1-3,6,8-9,14,17H,4-5,7H2;1H. The van der Waals surface area contributed by atoms with Gasteiger partial charge < -0.3 is 10.4 Å². The van der Waals surface area contributed by atoms with Crippen molar-refractivity contribution in [1.82, 2.24) is 9.78 Å². The predicted molar refractivity (Wildman–Crippen MR) is 70.3 cm³/mol. The summed E-state index contributed by atoms with van der Waals surface area (Å²) in [5.74, 6) is -0.236. The van der Waals surface area contributed by atoms with Crippen LogP contribution in [0.1, 0.15) is 5.56 Å². The number of aliphatic hydroxyl groups is 1. The fraction of sp³-hybridized carbons (Fsp3) is 0.250. The van der Waals surface area contributed by atoms with E-state index < -0.39 is 0 Å². The third-order valence-corrected chi connectivity index (χ3v) is 2.35. The molecular formula is C12H15ClFN3O. The average molecular weight is 272 g/mol. The summed E-state index contributed by atoms with van der Waals surface area (Å²) in [4.78, 5) is 0. The van der Waals surface area contributed by atoms with Crippen LogP contribution < -0.4 is 5.32 Å². The van der Waals surface area contributed by atoms with Gasteiger partial charge in [-0.25, -0.2) is 4.39 Å². The number of rotatable bonds is 5. The third-order valence-electron chi connectivity index (χ3n) is 2.35. The number of anilines is 1. The molecule has 1 aromatic carbocycles. The molecule has 0 saturated carbocycles. The summed E-state index contributed by atoms with van der Waals surface area (Å²) in [7, 11) is 0. The van der Waals surface area contributed by atoms with Crippen LogP contribution in [0.3, 0.4) is 0 Å². The molecule has 0 radical (unpaired) electrons. The van der Waals surface area contributed by atoms with Crippen molar-refractivity contribution in [3.63, 3.8) is 0 Å². The highest BCUT2D eigenvalue weighted by Gasteiger charge is 1.99. The maximum Gasteiger partial charge on any atom is 0.123 e. The lowest BCUT2D eigenvalue weighted by Gasteiger charge is -2.03. The van der Waals surface area contributed by atoms with Gasteiger partial charge in [0, 0.05) is 12.7 Å². The fourth-order valence-corrected chi connectivity index (χ4v) is 1.53. The molecule has 2 rings (SSSR count). The summed E-state index contributed by atoms with van der Waals surface area (Å²) in [6, 6.07) is 6.45. The van der Waals surface area contributed by atoms with Crippen LogP contribution in [0.5, 0.6) is 0 Å². The summed E-state index contributed by atoms with van der Waals surface area (Å²) in [5, 5.41) is 15.9. The molecule has 6 heteroatoms. The Balaban J connectivity index is 0.00000162. The number of hydrogen-bond donors (Lipinski definition) is 2. The van der Waals surface area contributed by atoms with Crippen molar-refractivity contribution in [1.29, 1.82) is 0 Å². The van der Waals surface area contributed by atoms with Gasteiger partial charge in [0.1, 0.15) is 5.82 Å². The van der Waals surface area contributed by atoms with Crippen LogP contribution >= 0.6 is 12.4 Å². The molecule has 2 aromatic rings. The van der Waals surface area contributed by atoms with Gasteiger partial charge in [0.25, 0.3) is 0 Å². The Morgan fingerprint density at radius 3 is 2.94 bits per heavy atom. The molecule has 0 unspecified atom stereocenters. The molecule has 4 nitrogen and oxygen atoms in total. The van der Waals surface area contributed by atoms with Gasteiger partial charge in [-0.3, -0.25) is 4.68 Å². The lowest BCUT2D eigenvalue weighted by Crippen LogP contribution is -2.02. The zero-order valence-electron chi connectivity index (χ0n) is 9.71. The monoisotopic (exact) mass is 271 g/mol. The predicted octanol–water partition coefficient (Wildman–Crippen LogP) is 2.05.